The molecule has 1 amide bonds. The Morgan fingerprint density at radius 2 is 2.37 bits per heavy atom. The molecule has 2 rings (SSSR count). The van der Waals surface area contributed by atoms with Crippen molar-refractivity contribution in [1.82, 2.24) is 10.6 Å². The first kappa shape index (κ1) is 13.8. The number of nitro groups is 1. The molecule has 1 aliphatic rings. The van der Waals surface area contributed by atoms with Crippen molar-refractivity contribution in [3.63, 3.8) is 0 Å². The van der Waals surface area contributed by atoms with Crippen LogP contribution in [0.1, 0.15) is 18.4 Å². The monoisotopic (exact) mass is 283 g/mol. The minimum Gasteiger partial charge on any atom is -0.351 e. The summed E-state index contributed by atoms with van der Waals surface area (Å²) in [5.74, 6) is -0.0972. The van der Waals surface area contributed by atoms with Crippen molar-refractivity contribution in [3.8, 4) is 0 Å². The Morgan fingerprint density at radius 3 is 3.00 bits per heavy atom. The molecule has 19 heavy (non-hydrogen) atoms. The summed E-state index contributed by atoms with van der Waals surface area (Å²) in [6.45, 7) is 1.03. The van der Waals surface area contributed by atoms with Gasteiger partial charge in [0, 0.05) is 23.7 Å². The van der Waals surface area contributed by atoms with E-state index in [9.17, 15) is 14.9 Å². The van der Waals surface area contributed by atoms with Crippen molar-refractivity contribution in [2.24, 2.45) is 0 Å². The number of nitro benzene ring substituents is 1. The molecule has 6 nitrogen and oxygen atoms in total. The fourth-order valence-corrected chi connectivity index (χ4v) is 2.21. The maximum Gasteiger partial charge on any atom is 0.269 e. The van der Waals surface area contributed by atoms with E-state index in [1.54, 1.807) is 0 Å². The number of hydrogen-bond donors (Lipinski definition) is 2. The maximum atomic E-state index is 11.8. The molecule has 1 unspecified atom stereocenters. The van der Waals surface area contributed by atoms with Crippen LogP contribution in [0, 0.1) is 10.1 Å². The second-order valence-corrected chi connectivity index (χ2v) is 4.81. The third-order valence-corrected chi connectivity index (χ3v) is 3.44. The quantitative estimate of drug-likeness (QED) is 0.649. The van der Waals surface area contributed by atoms with Crippen LogP contribution in [0.2, 0.25) is 5.02 Å². The van der Waals surface area contributed by atoms with E-state index in [2.05, 4.69) is 10.6 Å². The molecule has 0 aromatic heterocycles. The summed E-state index contributed by atoms with van der Waals surface area (Å²) in [6, 6.07) is 4.02. The molecule has 1 aliphatic heterocycles. The maximum absolute atomic E-state index is 11.8. The number of non-ortho nitro benzene ring substituents is 1. The number of amides is 1. The van der Waals surface area contributed by atoms with Crippen LogP contribution in [0.5, 0.6) is 0 Å². The molecule has 1 saturated heterocycles. The first-order valence-electron chi connectivity index (χ1n) is 6.02. The van der Waals surface area contributed by atoms with Crippen molar-refractivity contribution in [1.29, 1.82) is 0 Å². The molecule has 2 N–H and O–H groups in total. The van der Waals surface area contributed by atoms with E-state index >= 15 is 0 Å². The van der Waals surface area contributed by atoms with Crippen molar-refractivity contribution < 1.29 is 9.72 Å². The molecular formula is C12H14ClN3O3. The van der Waals surface area contributed by atoms with Gasteiger partial charge in [-0.2, -0.15) is 0 Å². The van der Waals surface area contributed by atoms with Crippen LogP contribution in [0.4, 0.5) is 5.69 Å². The van der Waals surface area contributed by atoms with Crippen LogP contribution >= 0.6 is 11.6 Å². The van der Waals surface area contributed by atoms with Gasteiger partial charge in [0.05, 0.1) is 11.0 Å². The number of hydrogen-bond acceptors (Lipinski definition) is 4. The Hall–Kier alpha value is -1.66. The summed E-state index contributed by atoms with van der Waals surface area (Å²) in [5, 5.41) is 16.9. The molecule has 0 bridgehead atoms. The zero-order chi connectivity index (χ0) is 13.8. The largest absolute Gasteiger partial charge is 0.351 e. The molecule has 0 saturated carbocycles. The minimum atomic E-state index is -0.486. The molecule has 1 fully saturated rings. The Morgan fingerprint density at radius 1 is 1.58 bits per heavy atom. The van der Waals surface area contributed by atoms with Gasteiger partial charge in [0.1, 0.15) is 0 Å². The number of nitrogens with zero attached hydrogens (tertiary/aromatic N) is 1. The summed E-state index contributed by atoms with van der Waals surface area (Å²) < 4.78 is 0. The van der Waals surface area contributed by atoms with Crippen molar-refractivity contribution in [2.75, 3.05) is 6.54 Å². The Bertz CT molecular complexity index is 501. The molecular weight excluding hydrogens is 270 g/mol. The number of carbonyl (C=O) groups excluding carboxylic acids is 1. The Labute approximate surface area is 115 Å². The second kappa shape index (κ2) is 5.99. The molecule has 102 valence electrons. The van der Waals surface area contributed by atoms with E-state index in [1.165, 1.54) is 18.2 Å². The zero-order valence-electron chi connectivity index (χ0n) is 10.2. The fraction of sp³-hybridized carbons (Fsp3) is 0.417. The average molecular weight is 284 g/mol. The van der Waals surface area contributed by atoms with Gasteiger partial charge in [-0.1, -0.05) is 11.6 Å². The predicted octanol–water partition coefficient (Wildman–Crippen LogP) is 1.62. The van der Waals surface area contributed by atoms with Crippen molar-refractivity contribution >= 4 is 23.2 Å². The highest BCUT2D eigenvalue weighted by atomic mass is 35.5. The van der Waals surface area contributed by atoms with Gasteiger partial charge in [-0.15, -0.1) is 0 Å². The zero-order valence-corrected chi connectivity index (χ0v) is 10.9. The lowest BCUT2D eigenvalue weighted by molar-refractivity contribution is -0.384. The molecule has 0 radical (unpaired) electrons. The van der Waals surface area contributed by atoms with Crippen LogP contribution in [0.15, 0.2) is 18.2 Å². The highest BCUT2D eigenvalue weighted by Gasteiger charge is 2.21. The highest BCUT2D eigenvalue weighted by molar-refractivity contribution is 6.31. The lowest BCUT2D eigenvalue weighted by Gasteiger charge is -2.11. The molecule has 0 aliphatic carbocycles. The van der Waals surface area contributed by atoms with Gasteiger partial charge >= 0.3 is 0 Å². The standard InChI is InChI=1S/C12H14ClN3O3/c13-10-4-3-9(16(18)19)6-8(10)7-15-12(17)11-2-1-5-14-11/h3-4,6,11,14H,1-2,5,7H2,(H,15,17). The smallest absolute Gasteiger partial charge is 0.269 e. The third kappa shape index (κ3) is 3.42. The Kier molecular flexibility index (Phi) is 4.34. The molecule has 0 spiro atoms. The van der Waals surface area contributed by atoms with Crippen LogP contribution in [-0.2, 0) is 11.3 Å². The van der Waals surface area contributed by atoms with E-state index in [-0.39, 0.29) is 24.2 Å². The minimum absolute atomic E-state index is 0.0346. The number of rotatable bonds is 4. The summed E-state index contributed by atoms with van der Waals surface area (Å²) in [7, 11) is 0. The summed E-state index contributed by atoms with van der Waals surface area (Å²) >= 11 is 5.95. The fourth-order valence-electron chi connectivity index (χ4n) is 2.02. The van der Waals surface area contributed by atoms with Crippen molar-refractivity contribution in [2.45, 2.75) is 25.4 Å². The topological polar surface area (TPSA) is 84.3 Å². The van der Waals surface area contributed by atoms with E-state index in [4.69, 9.17) is 11.6 Å². The molecule has 1 aromatic rings. The summed E-state index contributed by atoms with van der Waals surface area (Å²) in [5.41, 5.74) is 0.509. The molecule has 1 atom stereocenters. The Balaban J connectivity index is 2.00. The van der Waals surface area contributed by atoms with E-state index < -0.39 is 4.92 Å². The van der Waals surface area contributed by atoms with Gasteiger partial charge in [-0.05, 0) is 31.0 Å². The number of nitrogens with one attached hydrogen (secondary N) is 2. The van der Waals surface area contributed by atoms with E-state index in [1.807, 2.05) is 0 Å². The van der Waals surface area contributed by atoms with Crippen LogP contribution < -0.4 is 10.6 Å². The van der Waals surface area contributed by atoms with Gasteiger partial charge in [0.15, 0.2) is 0 Å². The highest BCUT2D eigenvalue weighted by Crippen LogP contribution is 2.21. The van der Waals surface area contributed by atoms with E-state index in [0.717, 1.165) is 19.4 Å². The van der Waals surface area contributed by atoms with Crippen LogP contribution in [-0.4, -0.2) is 23.4 Å². The summed E-state index contributed by atoms with van der Waals surface area (Å²) in [4.78, 5) is 22.0. The number of carbonyl (C=O) groups is 1. The van der Waals surface area contributed by atoms with Gasteiger partial charge in [0.25, 0.3) is 5.69 Å². The SMILES string of the molecule is O=C(NCc1cc([N+](=O)[O-])ccc1Cl)C1CCCN1. The third-order valence-electron chi connectivity index (χ3n) is 3.07. The first-order chi connectivity index (χ1) is 9.08. The lowest BCUT2D eigenvalue weighted by atomic mass is 10.2. The summed E-state index contributed by atoms with van der Waals surface area (Å²) in [6.07, 6.45) is 1.80. The van der Waals surface area contributed by atoms with Gasteiger partial charge in [-0.3, -0.25) is 14.9 Å². The normalized spacial score (nSPS) is 18.3. The molecule has 1 heterocycles. The lowest BCUT2D eigenvalue weighted by Crippen LogP contribution is -2.40. The first-order valence-corrected chi connectivity index (χ1v) is 6.39. The predicted molar refractivity (Wildman–Crippen MR) is 71.0 cm³/mol. The van der Waals surface area contributed by atoms with Gasteiger partial charge in [0.2, 0.25) is 5.91 Å². The number of halogens is 1. The number of benzene rings is 1. The van der Waals surface area contributed by atoms with Crippen molar-refractivity contribution in [3.05, 3.63) is 38.9 Å². The average Bonchev–Trinajstić information content (AvgIpc) is 2.91. The molecule has 1 aromatic carbocycles. The van der Waals surface area contributed by atoms with Gasteiger partial charge in [-0.25, -0.2) is 0 Å². The van der Waals surface area contributed by atoms with Crippen LogP contribution in [0.3, 0.4) is 0 Å². The molecule has 7 heteroatoms. The van der Waals surface area contributed by atoms with Gasteiger partial charge < -0.3 is 10.6 Å². The second-order valence-electron chi connectivity index (χ2n) is 4.40. The van der Waals surface area contributed by atoms with E-state index in [0.29, 0.717) is 10.6 Å². The van der Waals surface area contributed by atoms with Crippen LogP contribution in [0.25, 0.3) is 0 Å².